The zero-order valence-corrected chi connectivity index (χ0v) is 13.5. The van der Waals surface area contributed by atoms with Crippen LogP contribution >= 0.6 is 11.8 Å². The molecule has 0 spiro atoms. The first kappa shape index (κ1) is 15.4. The van der Waals surface area contributed by atoms with Gasteiger partial charge in [0.15, 0.2) is 0 Å². The lowest BCUT2D eigenvalue weighted by atomic mass is 9.95. The van der Waals surface area contributed by atoms with E-state index in [0.29, 0.717) is 5.25 Å². The molecule has 0 radical (unpaired) electrons. The summed E-state index contributed by atoms with van der Waals surface area (Å²) >= 11 is 1.84. The Morgan fingerprint density at radius 3 is 2.65 bits per heavy atom. The van der Waals surface area contributed by atoms with Crippen molar-refractivity contribution in [3.8, 4) is 0 Å². The number of rotatable bonds is 3. The van der Waals surface area contributed by atoms with E-state index in [1.165, 1.54) is 19.3 Å². The van der Waals surface area contributed by atoms with E-state index in [1.807, 2.05) is 32.5 Å². The van der Waals surface area contributed by atoms with E-state index in [1.54, 1.807) is 0 Å². The summed E-state index contributed by atoms with van der Waals surface area (Å²) in [5, 5.41) is 10.5. The van der Waals surface area contributed by atoms with Gasteiger partial charge < -0.3 is 5.32 Å². The Kier molecular flexibility index (Phi) is 4.73. The summed E-state index contributed by atoms with van der Waals surface area (Å²) < 4.78 is 0. The summed E-state index contributed by atoms with van der Waals surface area (Å²) in [4.78, 5) is 16.6. The van der Waals surface area contributed by atoms with E-state index in [4.69, 9.17) is 0 Å². The van der Waals surface area contributed by atoms with E-state index in [9.17, 15) is 4.79 Å². The number of aromatic nitrogens is 3. The molecule has 1 aliphatic rings. The van der Waals surface area contributed by atoms with Gasteiger partial charge in [-0.3, -0.25) is 9.89 Å². The molecule has 1 fully saturated rings. The molecule has 20 heavy (non-hydrogen) atoms. The zero-order valence-electron chi connectivity index (χ0n) is 12.7. The van der Waals surface area contributed by atoms with Crippen LogP contribution in [-0.4, -0.2) is 38.6 Å². The highest BCUT2D eigenvalue weighted by molar-refractivity contribution is 7.99. The number of hydrogen-bond donors (Lipinski definition) is 2. The SMILES string of the molecule is CSC1CCCCC1NC(=O)c1n[nH]c(C(C)(C)C)n1. The van der Waals surface area contributed by atoms with Gasteiger partial charge in [-0.15, -0.1) is 5.10 Å². The third-order valence-corrected chi connectivity index (χ3v) is 4.89. The highest BCUT2D eigenvalue weighted by atomic mass is 32.2. The molecule has 0 aromatic carbocycles. The normalized spacial score (nSPS) is 23.6. The Bertz CT molecular complexity index is 466. The Hall–Kier alpha value is -1.04. The maximum atomic E-state index is 12.2. The number of thioether (sulfide) groups is 1. The van der Waals surface area contributed by atoms with Crippen molar-refractivity contribution in [2.75, 3.05) is 6.26 Å². The average Bonchev–Trinajstić information content (AvgIpc) is 2.89. The zero-order chi connectivity index (χ0) is 14.8. The highest BCUT2D eigenvalue weighted by Crippen LogP contribution is 2.27. The fraction of sp³-hybridized carbons (Fsp3) is 0.786. The molecule has 1 aromatic heterocycles. The van der Waals surface area contributed by atoms with Crippen molar-refractivity contribution in [1.29, 1.82) is 0 Å². The van der Waals surface area contributed by atoms with Crippen LogP contribution in [0.15, 0.2) is 0 Å². The number of hydrogen-bond acceptors (Lipinski definition) is 4. The number of nitrogens with one attached hydrogen (secondary N) is 2. The van der Waals surface area contributed by atoms with Crippen molar-refractivity contribution in [1.82, 2.24) is 20.5 Å². The van der Waals surface area contributed by atoms with Crippen molar-refractivity contribution in [2.24, 2.45) is 0 Å². The molecule has 2 rings (SSSR count). The minimum atomic E-state index is -0.164. The fourth-order valence-corrected chi connectivity index (χ4v) is 3.41. The highest BCUT2D eigenvalue weighted by Gasteiger charge is 2.28. The van der Waals surface area contributed by atoms with Crippen LogP contribution in [0.25, 0.3) is 0 Å². The predicted octanol–water partition coefficient (Wildman–Crippen LogP) is 2.51. The Labute approximate surface area is 124 Å². The van der Waals surface area contributed by atoms with Crippen molar-refractivity contribution in [2.45, 2.75) is 63.2 Å². The molecule has 0 saturated heterocycles. The van der Waals surface area contributed by atoms with Crippen LogP contribution in [0, 0.1) is 0 Å². The molecular weight excluding hydrogens is 272 g/mol. The number of amides is 1. The summed E-state index contributed by atoms with van der Waals surface area (Å²) in [6.45, 7) is 6.13. The summed E-state index contributed by atoms with van der Waals surface area (Å²) in [6.07, 6.45) is 6.77. The summed E-state index contributed by atoms with van der Waals surface area (Å²) in [5.41, 5.74) is -0.127. The van der Waals surface area contributed by atoms with E-state index >= 15 is 0 Å². The molecule has 0 aliphatic heterocycles. The molecule has 2 N–H and O–H groups in total. The predicted molar refractivity (Wildman–Crippen MR) is 82.1 cm³/mol. The molecule has 2 unspecified atom stereocenters. The molecule has 1 amide bonds. The van der Waals surface area contributed by atoms with Gasteiger partial charge in [-0.05, 0) is 19.1 Å². The third kappa shape index (κ3) is 3.53. The number of carbonyl (C=O) groups excluding carboxylic acids is 1. The number of nitrogens with zero attached hydrogens (tertiary/aromatic N) is 2. The van der Waals surface area contributed by atoms with Gasteiger partial charge in [-0.25, -0.2) is 4.98 Å². The fourth-order valence-electron chi connectivity index (χ4n) is 2.48. The van der Waals surface area contributed by atoms with E-state index in [2.05, 4.69) is 26.8 Å². The van der Waals surface area contributed by atoms with Gasteiger partial charge >= 0.3 is 0 Å². The molecule has 6 heteroatoms. The van der Waals surface area contributed by atoms with Crippen LogP contribution in [0.3, 0.4) is 0 Å². The van der Waals surface area contributed by atoms with Crippen molar-refractivity contribution >= 4 is 17.7 Å². The quantitative estimate of drug-likeness (QED) is 0.899. The third-order valence-electron chi connectivity index (χ3n) is 3.72. The molecule has 1 aliphatic carbocycles. The first-order valence-electron chi connectivity index (χ1n) is 7.18. The Morgan fingerprint density at radius 1 is 1.35 bits per heavy atom. The minimum Gasteiger partial charge on any atom is -0.345 e. The van der Waals surface area contributed by atoms with Crippen molar-refractivity contribution < 1.29 is 4.79 Å². The van der Waals surface area contributed by atoms with Crippen LogP contribution < -0.4 is 5.32 Å². The Morgan fingerprint density at radius 2 is 2.05 bits per heavy atom. The minimum absolute atomic E-state index is 0.127. The van der Waals surface area contributed by atoms with Crippen LogP contribution in [-0.2, 0) is 5.41 Å². The monoisotopic (exact) mass is 296 g/mol. The van der Waals surface area contributed by atoms with Gasteiger partial charge in [0.1, 0.15) is 5.82 Å². The molecule has 1 aromatic rings. The van der Waals surface area contributed by atoms with Crippen LogP contribution in [0.5, 0.6) is 0 Å². The number of carbonyl (C=O) groups is 1. The van der Waals surface area contributed by atoms with Crippen molar-refractivity contribution in [3.05, 3.63) is 11.6 Å². The molecule has 2 atom stereocenters. The smallest absolute Gasteiger partial charge is 0.291 e. The second kappa shape index (κ2) is 6.16. The standard InChI is InChI=1S/C14H24N4OS/c1-14(2,3)13-16-11(17-18-13)12(19)15-9-7-5-6-8-10(9)20-4/h9-10H,5-8H2,1-4H3,(H,15,19)(H,16,17,18). The maximum Gasteiger partial charge on any atom is 0.291 e. The topological polar surface area (TPSA) is 70.7 Å². The summed E-state index contributed by atoms with van der Waals surface area (Å²) in [5.74, 6) is 0.829. The summed E-state index contributed by atoms with van der Waals surface area (Å²) in [6, 6.07) is 0.239. The lowest BCUT2D eigenvalue weighted by molar-refractivity contribution is 0.0919. The lowest BCUT2D eigenvalue weighted by Gasteiger charge is -2.30. The summed E-state index contributed by atoms with van der Waals surface area (Å²) in [7, 11) is 0. The van der Waals surface area contributed by atoms with Crippen molar-refractivity contribution in [3.63, 3.8) is 0 Å². The molecule has 112 valence electrons. The second-order valence-corrected chi connectivity index (χ2v) is 7.47. The van der Waals surface area contributed by atoms with Gasteiger partial charge in [-0.2, -0.15) is 11.8 Å². The van der Waals surface area contributed by atoms with Crippen LogP contribution in [0.1, 0.15) is 62.9 Å². The van der Waals surface area contributed by atoms with Crippen LogP contribution in [0.4, 0.5) is 0 Å². The largest absolute Gasteiger partial charge is 0.345 e. The molecule has 0 bridgehead atoms. The lowest BCUT2D eigenvalue weighted by Crippen LogP contribution is -2.44. The van der Waals surface area contributed by atoms with E-state index in [0.717, 1.165) is 12.2 Å². The Balaban J connectivity index is 2.02. The van der Waals surface area contributed by atoms with E-state index < -0.39 is 0 Å². The van der Waals surface area contributed by atoms with Gasteiger partial charge in [0.25, 0.3) is 5.91 Å². The van der Waals surface area contributed by atoms with Gasteiger partial charge in [0, 0.05) is 16.7 Å². The molecule has 5 nitrogen and oxygen atoms in total. The first-order chi connectivity index (χ1) is 9.41. The van der Waals surface area contributed by atoms with Crippen LogP contribution in [0.2, 0.25) is 0 Å². The van der Waals surface area contributed by atoms with E-state index in [-0.39, 0.29) is 23.2 Å². The number of H-pyrrole nitrogens is 1. The molecule has 1 heterocycles. The average molecular weight is 296 g/mol. The first-order valence-corrected chi connectivity index (χ1v) is 8.47. The maximum absolute atomic E-state index is 12.2. The van der Waals surface area contributed by atoms with Gasteiger partial charge in [0.2, 0.25) is 5.82 Å². The second-order valence-electron chi connectivity index (χ2n) is 6.40. The van der Waals surface area contributed by atoms with Gasteiger partial charge in [0.05, 0.1) is 0 Å². The molecule has 1 saturated carbocycles. The molecular formula is C14H24N4OS. The number of aromatic amines is 1. The van der Waals surface area contributed by atoms with Gasteiger partial charge in [-0.1, -0.05) is 33.6 Å².